The molecule has 0 atom stereocenters. The highest BCUT2D eigenvalue weighted by atomic mass is 19.1. The predicted octanol–water partition coefficient (Wildman–Crippen LogP) is 2.12. The lowest BCUT2D eigenvalue weighted by molar-refractivity contribution is 0.102. The molecule has 0 radical (unpaired) electrons. The highest BCUT2D eigenvalue weighted by molar-refractivity contribution is 6.03. The van der Waals surface area contributed by atoms with E-state index in [0.29, 0.717) is 11.4 Å². The Morgan fingerprint density at radius 1 is 1.25 bits per heavy atom. The molecule has 1 aromatic carbocycles. The average molecular weight is 271 g/mol. The van der Waals surface area contributed by atoms with Crippen LogP contribution in [0, 0.1) is 5.82 Å². The lowest BCUT2D eigenvalue weighted by Gasteiger charge is -2.17. The highest BCUT2D eigenvalue weighted by Crippen LogP contribution is 2.16. The van der Waals surface area contributed by atoms with Crippen molar-refractivity contribution in [1.82, 2.24) is 10.3 Å². The van der Waals surface area contributed by atoms with Gasteiger partial charge < -0.3 is 10.6 Å². The van der Waals surface area contributed by atoms with Crippen molar-refractivity contribution in [1.29, 1.82) is 0 Å². The molecule has 20 heavy (non-hydrogen) atoms. The van der Waals surface area contributed by atoms with E-state index in [1.165, 1.54) is 17.7 Å². The maximum absolute atomic E-state index is 12.8. The van der Waals surface area contributed by atoms with E-state index >= 15 is 0 Å². The first-order chi connectivity index (χ1) is 9.72. The van der Waals surface area contributed by atoms with Gasteiger partial charge in [-0.05, 0) is 48.4 Å². The van der Waals surface area contributed by atoms with Crippen LogP contribution in [0.4, 0.5) is 10.2 Å². The van der Waals surface area contributed by atoms with Gasteiger partial charge in [0.25, 0.3) is 5.91 Å². The maximum atomic E-state index is 12.8. The second-order valence-corrected chi connectivity index (χ2v) is 4.73. The molecule has 0 aliphatic carbocycles. The van der Waals surface area contributed by atoms with E-state index in [-0.39, 0.29) is 5.91 Å². The summed E-state index contributed by atoms with van der Waals surface area (Å²) < 4.78 is 12.8. The summed E-state index contributed by atoms with van der Waals surface area (Å²) in [6.45, 7) is 1.75. The second-order valence-electron chi connectivity index (χ2n) is 4.73. The van der Waals surface area contributed by atoms with Gasteiger partial charge in [-0.15, -0.1) is 0 Å². The van der Waals surface area contributed by atoms with E-state index in [4.69, 9.17) is 0 Å². The number of anilines is 1. The Morgan fingerprint density at radius 2 is 2.15 bits per heavy atom. The monoisotopic (exact) mass is 271 g/mol. The zero-order valence-electron chi connectivity index (χ0n) is 10.8. The van der Waals surface area contributed by atoms with Crippen LogP contribution in [0.3, 0.4) is 0 Å². The minimum Gasteiger partial charge on any atom is -0.312 e. The topological polar surface area (TPSA) is 54.0 Å². The number of nitrogens with one attached hydrogen (secondary N) is 2. The van der Waals surface area contributed by atoms with Crippen LogP contribution in [0.15, 0.2) is 36.5 Å². The van der Waals surface area contributed by atoms with Crippen LogP contribution in [-0.4, -0.2) is 17.4 Å². The Bertz CT molecular complexity index is 640. The van der Waals surface area contributed by atoms with Crippen LogP contribution >= 0.6 is 0 Å². The van der Waals surface area contributed by atoms with E-state index in [1.807, 2.05) is 18.2 Å². The Labute approximate surface area is 116 Å². The van der Waals surface area contributed by atoms with Crippen molar-refractivity contribution in [2.75, 3.05) is 11.9 Å². The highest BCUT2D eigenvalue weighted by Gasteiger charge is 2.12. The Hall–Kier alpha value is -2.27. The molecule has 1 aliphatic rings. The summed E-state index contributed by atoms with van der Waals surface area (Å²) in [4.78, 5) is 15.9. The molecule has 0 saturated carbocycles. The lowest BCUT2D eigenvalue weighted by Crippen LogP contribution is -2.24. The number of hydrogen-bond acceptors (Lipinski definition) is 3. The predicted molar refractivity (Wildman–Crippen MR) is 74.0 cm³/mol. The zero-order chi connectivity index (χ0) is 13.9. The molecule has 0 bridgehead atoms. The van der Waals surface area contributed by atoms with E-state index < -0.39 is 5.82 Å². The second kappa shape index (κ2) is 5.38. The van der Waals surface area contributed by atoms with Crippen LogP contribution in [0.2, 0.25) is 0 Å². The summed E-state index contributed by atoms with van der Waals surface area (Å²) >= 11 is 0. The summed E-state index contributed by atoms with van der Waals surface area (Å²) in [5.74, 6) is -0.326. The number of carbonyl (C=O) groups excluding carboxylic acids is 1. The van der Waals surface area contributed by atoms with E-state index in [0.717, 1.165) is 31.3 Å². The lowest BCUT2D eigenvalue weighted by atomic mass is 9.98. The van der Waals surface area contributed by atoms with Crippen LogP contribution in [0.1, 0.15) is 21.5 Å². The molecule has 2 heterocycles. The smallest absolute Gasteiger partial charge is 0.256 e. The van der Waals surface area contributed by atoms with Gasteiger partial charge in [0.2, 0.25) is 0 Å². The zero-order valence-corrected chi connectivity index (χ0v) is 10.8. The Kier molecular flexibility index (Phi) is 3.43. The van der Waals surface area contributed by atoms with Gasteiger partial charge in [-0.3, -0.25) is 4.79 Å². The number of carbonyl (C=O) groups is 1. The van der Waals surface area contributed by atoms with E-state index in [2.05, 4.69) is 15.6 Å². The van der Waals surface area contributed by atoms with Crippen LogP contribution in [0.25, 0.3) is 0 Å². The maximum Gasteiger partial charge on any atom is 0.256 e. The van der Waals surface area contributed by atoms with Gasteiger partial charge in [-0.25, -0.2) is 9.37 Å². The molecule has 0 spiro atoms. The largest absolute Gasteiger partial charge is 0.312 e. The standard InChI is InChI=1S/C15H14FN3O/c16-13-3-4-14(18-9-13)19-15(20)11-2-1-10-5-6-17-8-12(10)7-11/h1-4,7,9,17H,5-6,8H2,(H,18,19,20). The van der Waals surface area contributed by atoms with Crippen LogP contribution in [0.5, 0.6) is 0 Å². The molecule has 1 aliphatic heterocycles. The third kappa shape index (κ3) is 2.67. The number of hydrogen-bond donors (Lipinski definition) is 2. The van der Waals surface area contributed by atoms with Gasteiger partial charge >= 0.3 is 0 Å². The van der Waals surface area contributed by atoms with Gasteiger partial charge in [-0.2, -0.15) is 0 Å². The molecule has 0 saturated heterocycles. The van der Waals surface area contributed by atoms with Gasteiger partial charge in [0.15, 0.2) is 0 Å². The number of halogens is 1. The normalized spacial score (nSPS) is 13.7. The van der Waals surface area contributed by atoms with Crippen LogP contribution < -0.4 is 10.6 Å². The molecular formula is C15H14FN3O. The fourth-order valence-corrected chi connectivity index (χ4v) is 2.26. The fourth-order valence-electron chi connectivity index (χ4n) is 2.26. The fraction of sp³-hybridized carbons (Fsp3) is 0.200. The number of pyridine rings is 1. The van der Waals surface area contributed by atoms with Crippen molar-refractivity contribution in [3.63, 3.8) is 0 Å². The molecule has 2 N–H and O–H groups in total. The number of benzene rings is 1. The molecular weight excluding hydrogens is 257 g/mol. The first-order valence-corrected chi connectivity index (χ1v) is 6.48. The SMILES string of the molecule is O=C(Nc1ccc(F)cn1)c1ccc2c(c1)CNCC2. The Morgan fingerprint density at radius 3 is 2.95 bits per heavy atom. The van der Waals surface area contributed by atoms with Crippen molar-refractivity contribution < 1.29 is 9.18 Å². The number of aromatic nitrogens is 1. The molecule has 2 aromatic rings. The first kappa shape index (κ1) is 12.7. The van der Waals surface area contributed by atoms with Crippen molar-refractivity contribution in [3.8, 4) is 0 Å². The van der Waals surface area contributed by atoms with Crippen molar-refractivity contribution in [2.24, 2.45) is 0 Å². The van der Waals surface area contributed by atoms with Gasteiger partial charge in [0.1, 0.15) is 11.6 Å². The van der Waals surface area contributed by atoms with E-state index in [1.54, 1.807) is 0 Å². The van der Waals surface area contributed by atoms with Crippen molar-refractivity contribution in [3.05, 3.63) is 59.0 Å². The van der Waals surface area contributed by atoms with Crippen molar-refractivity contribution >= 4 is 11.7 Å². The summed E-state index contributed by atoms with van der Waals surface area (Å²) in [7, 11) is 0. The summed E-state index contributed by atoms with van der Waals surface area (Å²) in [5.41, 5.74) is 3.01. The molecule has 102 valence electrons. The molecule has 0 unspecified atom stereocenters. The molecule has 5 heteroatoms. The number of rotatable bonds is 2. The molecule has 1 amide bonds. The third-order valence-corrected chi connectivity index (χ3v) is 3.32. The number of nitrogens with zero attached hydrogens (tertiary/aromatic N) is 1. The minimum atomic E-state index is -0.428. The summed E-state index contributed by atoms with van der Waals surface area (Å²) in [5, 5.41) is 5.93. The molecule has 0 fully saturated rings. The average Bonchev–Trinajstić information content (AvgIpc) is 2.49. The summed E-state index contributed by atoms with van der Waals surface area (Å²) in [6, 6.07) is 8.39. The minimum absolute atomic E-state index is 0.238. The van der Waals surface area contributed by atoms with Crippen molar-refractivity contribution in [2.45, 2.75) is 13.0 Å². The van der Waals surface area contributed by atoms with Gasteiger partial charge in [-0.1, -0.05) is 6.07 Å². The number of fused-ring (bicyclic) bond motifs is 1. The quantitative estimate of drug-likeness (QED) is 0.879. The van der Waals surface area contributed by atoms with E-state index in [9.17, 15) is 9.18 Å². The Balaban J connectivity index is 1.78. The van der Waals surface area contributed by atoms with Gasteiger partial charge in [0, 0.05) is 12.1 Å². The van der Waals surface area contributed by atoms with Crippen LogP contribution in [-0.2, 0) is 13.0 Å². The molecule has 1 aromatic heterocycles. The third-order valence-electron chi connectivity index (χ3n) is 3.32. The van der Waals surface area contributed by atoms with Gasteiger partial charge in [0.05, 0.1) is 6.20 Å². The number of amides is 1. The summed E-state index contributed by atoms with van der Waals surface area (Å²) in [6.07, 6.45) is 2.06. The first-order valence-electron chi connectivity index (χ1n) is 6.48. The molecule has 3 rings (SSSR count). The molecule has 4 nitrogen and oxygen atoms in total.